The molecule has 0 aliphatic rings. The zero-order valence-corrected chi connectivity index (χ0v) is 8.56. The molecule has 5 nitrogen and oxygen atoms in total. The van der Waals surface area contributed by atoms with Crippen molar-refractivity contribution in [2.24, 2.45) is 0 Å². The summed E-state index contributed by atoms with van der Waals surface area (Å²) in [7, 11) is 0. The van der Waals surface area contributed by atoms with Gasteiger partial charge in [-0.1, -0.05) is 6.08 Å². The molecule has 0 amide bonds. The molecule has 14 heavy (non-hydrogen) atoms. The van der Waals surface area contributed by atoms with E-state index >= 15 is 0 Å². The Labute approximate surface area is 83.5 Å². The van der Waals surface area contributed by atoms with Crippen LogP contribution in [0.3, 0.4) is 0 Å². The predicted octanol–water partition coefficient (Wildman–Crippen LogP) is -0.303. The normalized spacial score (nSPS) is 11.9. The summed E-state index contributed by atoms with van der Waals surface area (Å²) in [6.07, 6.45) is 1.64. The minimum absolute atomic E-state index is 0.123. The average molecular weight is 203 g/mol. The van der Waals surface area contributed by atoms with E-state index in [1.54, 1.807) is 19.9 Å². The highest BCUT2D eigenvalue weighted by Gasteiger charge is 2.11. The quantitative estimate of drug-likeness (QED) is 0.458. The zero-order chi connectivity index (χ0) is 11.0. The van der Waals surface area contributed by atoms with Gasteiger partial charge in [-0.15, -0.1) is 5.06 Å². The first-order valence-electron chi connectivity index (χ1n) is 4.47. The molecule has 0 unspecified atom stereocenters. The predicted molar refractivity (Wildman–Crippen MR) is 51.3 cm³/mol. The van der Waals surface area contributed by atoms with Crippen molar-refractivity contribution in [3.63, 3.8) is 0 Å². The number of allylic oxidation sites excluding steroid dienone is 1. The highest BCUT2D eigenvalue weighted by Crippen LogP contribution is 1.99. The van der Waals surface area contributed by atoms with Crippen LogP contribution in [0.25, 0.3) is 0 Å². The average Bonchev–Trinajstić information content (AvgIpc) is 2.17. The van der Waals surface area contributed by atoms with Crippen molar-refractivity contribution in [3.05, 3.63) is 11.6 Å². The van der Waals surface area contributed by atoms with E-state index in [1.807, 2.05) is 0 Å². The van der Waals surface area contributed by atoms with Crippen molar-refractivity contribution in [3.8, 4) is 0 Å². The van der Waals surface area contributed by atoms with Gasteiger partial charge in [0.15, 0.2) is 0 Å². The molecule has 0 spiro atoms. The van der Waals surface area contributed by atoms with Crippen LogP contribution < -0.4 is 0 Å². The van der Waals surface area contributed by atoms with Crippen LogP contribution in [-0.2, 0) is 9.63 Å². The summed E-state index contributed by atoms with van der Waals surface area (Å²) >= 11 is 0. The number of nitrogens with zero attached hydrogens (tertiary/aromatic N) is 1. The highest BCUT2D eigenvalue weighted by atomic mass is 16.7. The second-order valence-electron chi connectivity index (χ2n) is 2.73. The Hall–Kier alpha value is -0.910. The SMILES string of the molecule is CC=C(C)C(=O)ON(CCO)CCO. The van der Waals surface area contributed by atoms with Gasteiger partial charge >= 0.3 is 5.97 Å². The number of carbonyl (C=O) groups excluding carboxylic acids is 1. The molecule has 0 aliphatic heterocycles. The van der Waals surface area contributed by atoms with Crippen molar-refractivity contribution in [2.75, 3.05) is 26.3 Å². The van der Waals surface area contributed by atoms with Crippen LogP contribution in [0.15, 0.2) is 11.6 Å². The number of hydrogen-bond acceptors (Lipinski definition) is 5. The van der Waals surface area contributed by atoms with Crippen molar-refractivity contribution in [2.45, 2.75) is 13.8 Å². The Morgan fingerprint density at radius 1 is 1.36 bits per heavy atom. The number of carbonyl (C=O) groups is 1. The number of hydrogen-bond donors (Lipinski definition) is 2. The van der Waals surface area contributed by atoms with Gasteiger partial charge in [0.2, 0.25) is 0 Å². The van der Waals surface area contributed by atoms with Crippen LogP contribution in [0.2, 0.25) is 0 Å². The number of hydroxylamine groups is 2. The molecule has 0 rings (SSSR count). The minimum atomic E-state index is -0.464. The van der Waals surface area contributed by atoms with E-state index < -0.39 is 5.97 Å². The summed E-state index contributed by atoms with van der Waals surface area (Å²) in [4.78, 5) is 16.1. The maximum absolute atomic E-state index is 11.2. The molecule has 0 bridgehead atoms. The lowest BCUT2D eigenvalue weighted by Gasteiger charge is -2.18. The van der Waals surface area contributed by atoms with Gasteiger partial charge in [-0.25, -0.2) is 4.79 Å². The topological polar surface area (TPSA) is 70.0 Å². The van der Waals surface area contributed by atoms with Gasteiger partial charge in [-0.3, -0.25) is 0 Å². The van der Waals surface area contributed by atoms with Gasteiger partial charge in [-0.2, -0.15) is 0 Å². The summed E-state index contributed by atoms with van der Waals surface area (Å²) in [5.74, 6) is -0.464. The molecule has 0 atom stereocenters. The van der Waals surface area contributed by atoms with Crippen molar-refractivity contribution in [1.82, 2.24) is 5.06 Å². The van der Waals surface area contributed by atoms with Gasteiger partial charge in [0, 0.05) is 5.57 Å². The van der Waals surface area contributed by atoms with E-state index in [0.29, 0.717) is 5.57 Å². The first kappa shape index (κ1) is 13.1. The summed E-state index contributed by atoms with van der Waals surface area (Å²) in [5.41, 5.74) is 0.492. The van der Waals surface area contributed by atoms with Gasteiger partial charge < -0.3 is 15.1 Å². The lowest BCUT2D eigenvalue weighted by atomic mass is 10.3. The maximum Gasteiger partial charge on any atom is 0.352 e. The third kappa shape index (κ3) is 4.96. The molecule has 0 heterocycles. The lowest BCUT2D eigenvalue weighted by Crippen LogP contribution is -2.32. The minimum Gasteiger partial charge on any atom is -0.395 e. The van der Waals surface area contributed by atoms with E-state index in [0.717, 1.165) is 0 Å². The molecular formula is C9H17NO4. The van der Waals surface area contributed by atoms with Crippen LogP contribution in [0.4, 0.5) is 0 Å². The van der Waals surface area contributed by atoms with E-state index in [1.165, 1.54) is 5.06 Å². The van der Waals surface area contributed by atoms with E-state index in [-0.39, 0.29) is 26.3 Å². The van der Waals surface area contributed by atoms with Gasteiger partial charge in [0.1, 0.15) is 0 Å². The fourth-order valence-corrected chi connectivity index (χ4v) is 0.733. The molecule has 5 heteroatoms. The molecule has 2 N–H and O–H groups in total. The van der Waals surface area contributed by atoms with Crippen LogP contribution in [0.1, 0.15) is 13.8 Å². The first-order chi connectivity index (χ1) is 6.65. The van der Waals surface area contributed by atoms with E-state index in [4.69, 9.17) is 15.1 Å². The molecule has 0 radical (unpaired) electrons. The zero-order valence-electron chi connectivity index (χ0n) is 8.56. The molecule has 0 aromatic heterocycles. The molecule has 0 saturated carbocycles. The summed E-state index contributed by atoms with van der Waals surface area (Å²) in [6, 6.07) is 0. The largest absolute Gasteiger partial charge is 0.395 e. The number of rotatable bonds is 6. The fourth-order valence-electron chi connectivity index (χ4n) is 0.733. The summed E-state index contributed by atoms with van der Waals surface area (Å²) < 4.78 is 0. The van der Waals surface area contributed by atoms with Crippen LogP contribution >= 0.6 is 0 Å². The number of aliphatic hydroxyl groups excluding tert-OH is 2. The standard InChI is InChI=1S/C9H17NO4/c1-3-8(2)9(13)14-10(4-6-11)5-7-12/h3,11-12H,4-7H2,1-2H3. The van der Waals surface area contributed by atoms with Crippen molar-refractivity contribution < 1.29 is 19.8 Å². The van der Waals surface area contributed by atoms with E-state index in [9.17, 15) is 4.79 Å². The maximum atomic E-state index is 11.2. The van der Waals surface area contributed by atoms with Crippen molar-refractivity contribution >= 4 is 5.97 Å². The van der Waals surface area contributed by atoms with Crippen LogP contribution in [0, 0.1) is 0 Å². The van der Waals surface area contributed by atoms with Crippen LogP contribution in [-0.4, -0.2) is 47.5 Å². The molecule has 0 aliphatic carbocycles. The van der Waals surface area contributed by atoms with Crippen molar-refractivity contribution in [1.29, 1.82) is 0 Å². The van der Waals surface area contributed by atoms with E-state index in [2.05, 4.69) is 0 Å². The third-order valence-electron chi connectivity index (χ3n) is 1.67. The van der Waals surface area contributed by atoms with Gasteiger partial charge in [0.25, 0.3) is 0 Å². The molecule has 0 aromatic rings. The highest BCUT2D eigenvalue weighted by molar-refractivity contribution is 5.87. The van der Waals surface area contributed by atoms with Gasteiger partial charge in [0.05, 0.1) is 26.3 Å². The third-order valence-corrected chi connectivity index (χ3v) is 1.67. The Morgan fingerprint density at radius 2 is 1.86 bits per heavy atom. The monoisotopic (exact) mass is 203 g/mol. The fraction of sp³-hybridized carbons (Fsp3) is 0.667. The summed E-state index contributed by atoms with van der Waals surface area (Å²) in [6.45, 7) is 3.52. The molecule has 0 saturated heterocycles. The smallest absolute Gasteiger partial charge is 0.352 e. The van der Waals surface area contributed by atoms with Crippen LogP contribution in [0.5, 0.6) is 0 Å². The summed E-state index contributed by atoms with van der Waals surface area (Å²) in [5, 5.41) is 18.5. The second-order valence-corrected chi connectivity index (χ2v) is 2.73. The molecule has 82 valence electrons. The Morgan fingerprint density at radius 3 is 2.21 bits per heavy atom. The molecule has 0 aromatic carbocycles. The first-order valence-corrected chi connectivity index (χ1v) is 4.47. The van der Waals surface area contributed by atoms with Gasteiger partial charge in [-0.05, 0) is 13.8 Å². The Balaban J connectivity index is 4.08. The molecule has 0 fully saturated rings. The Kier molecular flexibility index (Phi) is 7.00. The number of aliphatic hydroxyl groups is 2. The molecular weight excluding hydrogens is 186 g/mol. The second kappa shape index (κ2) is 7.49. The lowest BCUT2D eigenvalue weighted by molar-refractivity contribution is -0.189. The Bertz CT molecular complexity index is 197.